The van der Waals surface area contributed by atoms with Crippen LogP contribution in [-0.4, -0.2) is 52.1 Å². The topological polar surface area (TPSA) is 108 Å². The molecule has 1 rings (SSSR count). The molecule has 1 aromatic rings. The predicted octanol–water partition coefficient (Wildman–Crippen LogP) is 3.75. The van der Waals surface area contributed by atoms with Gasteiger partial charge in [0, 0.05) is 12.6 Å². The molecular formula is C24H39N3O5. The second-order valence-electron chi connectivity index (χ2n) is 9.29. The smallest absolute Gasteiger partial charge is 0.408 e. The van der Waals surface area contributed by atoms with Gasteiger partial charge in [0.25, 0.3) is 0 Å². The summed E-state index contributed by atoms with van der Waals surface area (Å²) in [5, 5.41) is 15.3. The zero-order chi connectivity index (χ0) is 24.6. The number of phenols is 1. The highest BCUT2D eigenvalue weighted by Crippen LogP contribution is 2.26. The van der Waals surface area contributed by atoms with Crippen LogP contribution in [0.2, 0.25) is 0 Å². The zero-order valence-electron chi connectivity index (χ0n) is 20.6. The third-order valence-electron chi connectivity index (χ3n) is 4.97. The SMILES string of the molecule is CCC(C)C(NC(=O)OC(C)(C)C)C(=O)N(CC)C(C(=O)NC(C)C)c1ccc(O)cc1. The van der Waals surface area contributed by atoms with Crippen molar-refractivity contribution < 1.29 is 24.2 Å². The standard InChI is InChI=1S/C24H39N3O5/c1-9-16(5)19(26-23(31)32-24(6,7)8)22(30)27(10-2)20(21(29)25-15(3)4)17-11-13-18(28)14-12-17/h11-16,19-20,28H,9-10H2,1-8H3,(H,25,29)(H,26,31). The Bertz CT molecular complexity index is 771. The second-order valence-corrected chi connectivity index (χ2v) is 9.29. The Morgan fingerprint density at radius 1 is 1.03 bits per heavy atom. The molecule has 0 saturated heterocycles. The highest BCUT2D eigenvalue weighted by atomic mass is 16.6. The molecule has 0 heterocycles. The van der Waals surface area contributed by atoms with Gasteiger partial charge in [0.2, 0.25) is 11.8 Å². The van der Waals surface area contributed by atoms with Crippen molar-refractivity contribution in [1.82, 2.24) is 15.5 Å². The Kier molecular flexibility index (Phi) is 10.0. The number of hydrogen-bond donors (Lipinski definition) is 3. The average Bonchev–Trinajstić information content (AvgIpc) is 2.68. The van der Waals surface area contributed by atoms with Gasteiger partial charge in [-0.3, -0.25) is 9.59 Å². The number of carbonyl (C=O) groups excluding carboxylic acids is 3. The molecule has 0 bridgehead atoms. The van der Waals surface area contributed by atoms with E-state index in [-0.39, 0.29) is 36.1 Å². The van der Waals surface area contributed by atoms with Crippen molar-refractivity contribution in [1.29, 1.82) is 0 Å². The monoisotopic (exact) mass is 449 g/mol. The largest absolute Gasteiger partial charge is 0.508 e. The van der Waals surface area contributed by atoms with Gasteiger partial charge in [0.05, 0.1) is 0 Å². The van der Waals surface area contributed by atoms with Crippen LogP contribution in [0.5, 0.6) is 5.75 Å². The van der Waals surface area contributed by atoms with Gasteiger partial charge in [-0.15, -0.1) is 0 Å². The van der Waals surface area contributed by atoms with Crippen LogP contribution >= 0.6 is 0 Å². The van der Waals surface area contributed by atoms with E-state index >= 15 is 0 Å². The lowest BCUT2D eigenvalue weighted by molar-refractivity contribution is -0.143. The number of phenolic OH excluding ortho intramolecular Hbond substituents is 1. The number of nitrogens with one attached hydrogen (secondary N) is 2. The molecule has 32 heavy (non-hydrogen) atoms. The molecule has 8 heteroatoms. The maximum Gasteiger partial charge on any atom is 0.408 e. The lowest BCUT2D eigenvalue weighted by Crippen LogP contribution is -2.55. The fourth-order valence-corrected chi connectivity index (χ4v) is 3.25. The van der Waals surface area contributed by atoms with Crippen molar-refractivity contribution in [2.24, 2.45) is 5.92 Å². The highest BCUT2D eigenvalue weighted by molar-refractivity contribution is 5.92. The summed E-state index contributed by atoms with van der Waals surface area (Å²) in [7, 11) is 0. The third-order valence-corrected chi connectivity index (χ3v) is 4.97. The minimum Gasteiger partial charge on any atom is -0.508 e. The number of aromatic hydroxyl groups is 1. The van der Waals surface area contributed by atoms with Crippen LogP contribution in [-0.2, 0) is 14.3 Å². The fraction of sp³-hybridized carbons (Fsp3) is 0.625. The van der Waals surface area contributed by atoms with Crippen LogP contribution in [0.1, 0.15) is 73.4 Å². The van der Waals surface area contributed by atoms with Gasteiger partial charge >= 0.3 is 6.09 Å². The van der Waals surface area contributed by atoms with Gasteiger partial charge in [0.1, 0.15) is 23.4 Å². The van der Waals surface area contributed by atoms with E-state index in [1.54, 1.807) is 39.8 Å². The van der Waals surface area contributed by atoms with Crippen molar-refractivity contribution in [3.05, 3.63) is 29.8 Å². The van der Waals surface area contributed by atoms with Gasteiger partial charge in [-0.2, -0.15) is 0 Å². The van der Waals surface area contributed by atoms with Gasteiger partial charge in [0.15, 0.2) is 0 Å². The number of alkyl carbamates (subject to hydrolysis) is 1. The van der Waals surface area contributed by atoms with Crippen molar-refractivity contribution in [2.75, 3.05) is 6.54 Å². The summed E-state index contributed by atoms with van der Waals surface area (Å²) in [5.74, 6) is -0.821. The average molecular weight is 450 g/mol. The Labute approximate surface area is 191 Å². The van der Waals surface area contributed by atoms with E-state index in [2.05, 4.69) is 10.6 Å². The van der Waals surface area contributed by atoms with Crippen molar-refractivity contribution in [2.45, 2.75) is 85.5 Å². The minimum absolute atomic E-state index is 0.0650. The normalized spacial score (nSPS) is 14.3. The molecular weight excluding hydrogens is 410 g/mol. The van der Waals surface area contributed by atoms with Crippen LogP contribution in [0.15, 0.2) is 24.3 Å². The molecule has 3 unspecified atom stereocenters. The first-order valence-corrected chi connectivity index (χ1v) is 11.2. The molecule has 0 radical (unpaired) electrons. The number of ether oxygens (including phenoxy) is 1. The molecule has 3 amide bonds. The zero-order valence-corrected chi connectivity index (χ0v) is 20.6. The summed E-state index contributed by atoms with van der Waals surface area (Å²) in [6.45, 7) is 14.8. The lowest BCUT2D eigenvalue weighted by Gasteiger charge is -2.35. The Morgan fingerprint density at radius 2 is 1.59 bits per heavy atom. The number of hydrogen-bond acceptors (Lipinski definition) is 5. The highest BCUT2D eigenvalue weighted by Gasteiger charge is 2.37. The van der Waals surface area contributed by atoms with Crippen LogP contribution < -0.4 is 10.6 Å². The second kappa shape index (κ2) is 11.7. The molecule has 0 saturated carbocycles. The van der Waals surface area contributed by atoms with Crippen molar-refractivity contribution in [3.8, 4) is 5.75 Å². The molecule has 0 aliphatic carbocycles. The minimum atomic E-state index is -0.914. The molecule has 0 aromatic heterocycles. The predicted molar refractivity (Wildman–Crippen MR) is 124 cm³/mol. The molecule has 8 nitrogen and oxygen atoms in total. The van der Waals surface area contributed by atoms with E-state index in [4.69, 9.17) is 4.74 Å². The molecule has 1 aromatic carbocycles. The fourth-order valence-electron chi connectivity index (χ4n) is 3.25. The van der Waals surface area contributed by atoms with Crippen LogP contribution in [0, 0.1) is 5.92 Å². The van der Waals surface area contributed by atoms with E-state index in [0.29, 0.717) is 12.0 Å². The number of amides is 3. The molecule has 0 spiro atoms. The summed E-state index contributed by atoms with van der Waals surface area (Å²) in [5.41, 5.74) is -0.139. The van der Waals surface area contributed by atoms with Gasteiger partial charge in [-0.25, -0.2) is 4.79 Å². The first-order chi connectivity index (χ1) is 14.8. The van der Waals surface area contributed by atoms with Gasteiger partial charge in [-0.05, 0) is 65.2 Å². The first kappa shape index (κ1) is 27.3. The Hall–Kier alpha value is -2.77. The Balaban J connectivity index is 3.34. The van der Waals surface area contributed by atoms with E-state index < -0.39 is 23.8 Å². The maximum atomic E-state index is 13.7. The molecule has 0 aliphatic rings. The summed E-state index contributed by atoms with van der Waals surface area (Å²) >= 11 is 0. The van der Waals surface area contributed by atoms with Crippen molar-refractivity contribution in [3.63, 3.8) is 0 Å². The van der Waals surface area contributed by atoms with E-state index in [9.17, 15) is 19.5 Å². The van der Waals surface area contributed by atoms with Gasteiger partial charge in [-0.1, -0.05) is 32.4 Å². The number of nitrogens with zero attached hydrogens (tertiary/aromatic N) is 1. The number of rotatable bonds is 9. The Morgan fingerprint density at radius 3 is 2.03 bits per heavy atom. The van der Waals surface area contributed by atoms with Crippen molar-refractivity contribution >= 4 is 17.9 Å². The molecule has 3 atom stereocenters. The third kappa shape index (κ3) is 8.05. The van der Waals surface area contributed by atoms with Crippen LogP contribution in [0.4, 0.5) is 4.79 Å². The molecule has 0 fully saturated rings. The number of likely N-dealkylation sites (N-methyl/N-ethyl adjacent to an activating group) is 1. The number of carbonyl (C=O) groups is 3. The van der Waals surface area contributed by atoms with Crippen LogP contribution in [0.25, 0.3) is 0 Å². The van der Waals surface area contributed by atoms with E-state index in [1.165, 1.54) is 17.0 Å². The van der Waals surface area contributed by atoms with Crippen LogP contribution in [0.3, 0.4) is 0 Å². The molecule has 3 N–H and O–H groups in total. The summed E-state index contributed by atoms with van der Waals surface area (Å²) in [6, 6.07) is 4.30. The number of benzene rings is 1. The summed E-state index contributed by atoms with van der Waals surface area (Å²) < 4.78 is 5.36. The molecule has 180 valence electrons. The van der Waals surface area contributed by atoms with E-state index in [1.807, 2.05) is 27.7 Å². The maximum absolute atomic E-state index is 13.7. The quantitative estimate of drug-likeness (QED) is 0.532. The summed E-state index contributed by atoms with van der Waals surface area (Å²) in [6.07, 6.45) is -0.0359. The molecule has 0 aliphatic heterocycles. The van der Waals surface area contributed by atoms with E-state index in [0.717, 1.165) is 0 Å². The summed E-state index contributed by atoms with van der Waals surface area (Å²) in [4.78, 5) is 40.7. The lowest BCUT2D eigenvalue weighted by atomic mass is 9.95. The first-order valence-electron chi connectivity index (χ1n) is 11.2. The van der Waals surface area contributed by atoms with Gasteiger partial charge < -0.3 is 25.4 Å².